The molecule has 0 radical (unpaired) electrons. The molecule has 11 heteroatoms. The Labute approximate surface area is 190 Å². The summed E-state index contributed by atoms with van der Waals surface area (Å²) in [6, 6.07) is 7.44. The van der Waals surface area contributed by atoms with Gasteiger partial charge in [-0.15, -0.1) is 10.2 Å². The standard InChI is InChI=1S/C22H25N9O2/c1-11-20-24-12(2)29-31(20)16-7-5-6-14(19(16)30(11)4)25-15-10-17(26-21(32)13-8-9-13)27-28-18(15)22(33)23-3/h5-7,10-11,13H,8-9H2,1-4H3,(H,23,33)(H2,25,26,27,32)/t11-/m1/s1. The zero-order valence-electron chi connectivity index (χ0n) is 18.9. The highest BCUT2D eigenvalue weighted by molar-refractivity contribution is 6.00. The van der Waals surface area contributed by atoms with Gasteiger partial charge in [0.25, 0.3) is 5.91 Å². The van der Waals surface area contributed by atoms with Crippen molar-refractivity contribution in [2.45, 2.75) is 32.7 Å². The highest BCUT2D eigenvalue weighted by Gasteiger charge is 2.32. The number of nitrogens with one attached hydrogen (secondary N) is 3. The number of carbonyl (C=O) groups is 2. The zero-order chi connectivity index (χ0) is 23.3. The van der Waals surface area contributed by atoms with Gasteiger partial charge in [0.2, 0.25) is 5.91 Å². The minimum atomic E-state index is -0.384. The second-order valence-electron chi connectivity index (χ2n) is 8.35. The summed E-state index contributed by atoms with van der Waals surface area (Å²) in [4.78, 5) is 31.4. The lowest BCUT2D eigenvalue weighted by molar-refractivity contribution is -0.117. The van der Waals surface area contributed by atoms with Crippen molar-refractivity contribution in [1.29, 1.82) is 0 Å². The SMILES string of the molecule is CNC(=O)c1nnc(NC(=O)C2CC2)cc1Nc1cccc2c1N(C)[C@H](C)c1nc(C)nn1-2. The van der Waals surface area contributed by atoms with E-state index in [2.05, 4.69) is 48.1 Å². The van der Waals surface area contributed by atoms with Crippen LogP contribution in [0.2, 0.25) is 0 Å². The highest BCUT2D eigenvalue weighted by atomic mass is 16.2. The lowest BCUT2D eigenvalue weighted by atomic mass is 10.1. The van der Waals surface area contributed by atoms with E-state index in [0.29, 0.717) is 17.3 Å². The van der Waals surface area contributed by atoms with Crippen molar-refractivity contribution in [3.8, 4) is 5.69 Å². The van der Waals surface area contributed by atoms with Gasteiger partial charge in [-0.2, -0.15) is 5.10 Å². The summed E-state index contributed by atoms with van der Waals surface area (Å²) in [5, 5.41) is 21.4. The molecule has 3 aromatic rings. The van der Waals surface area contributed by atoms with E-state index in [1.807, 2.05) is 36.9 Å². The Morgan fingerprint density at radius 3 is 2.67 bits per heavy atom. The number of para-hydroxylation sites is 1. The number of aryl methyl sites for hydroxylation is 1. The molecule has 1 aliphatic heterocycles. The molecule has 1 fully saturated rings. The molecular formula is C22H25N9O2. The van der Waals surface area contributed by atoms with Gasteiger partial charge in [-0.3, -0.25) is 9.59 Å². The maximum atomic E-state index is 12.5. The van der Waals surface area contributed by atoms with Crippen molar-refractivity contribution in [3.63, 3.8) is 0 Å². The van der Waals surface area contributed by atoms with Crippen molar-refractivity contribution in [3.05, 3.63) is 41.6 Å². The van der Waals surface area contributed by atoms with Crippen molar-refractivity contribution in [2.24, 2.45) is 5.92 Å². The molecule has 2 aliphatic rings. The van der Waals surface area contributed by atoms with E-state index in [-0.39, 0.29) is 29.5 Å². The number of hydrogen-bond acceptors (Lipinski definition) is 8. The van der Waals surface area contributed by atoms with Crippen LogP contribution < -0.4 is 20.9 Å². The van der Waals surface area contributed by atoms with Gasteiger partial charge in [0.1, 0.15) is 5.82 Å². The quantitative estimate of drug-likeness (QED) is 0.543. The lowest BCUT2D eigenvalue weighted by Crippen LogP contribution is -2.31. The van der Waals surface area contributed by atoms with Crippen LogP contribution >= 0.6 is 0 Å². The van der Waals surface area contributed by atoms with Gasteiger partial charge in [0, 0.05) is 26.1 Å². The van der Waals surface area contributed by atoms with Gasteiger partial charge < -0.3 is 20.9 Å². The van der Waals surface area contributed by atoms with Crippen LogP contribution in [0.1, 0.15) is 47.9 Å². The maximum Gasteiger partial charge on any atom is 0.273 e. The topological polar surface area (TPSA) is 130 Å². The van der Waals surface area contributed by atoms with Crippen LogP contribution in [-0.4, -0.2) is 50.9 Å². The number of fused-ring (bicyclic) bond motifs is 3. The Balaban J connectivity index is 1.57. The molecule has 3 N–H and O–H groups in total. The molecule has 5 rings (SSSR count). The van der Waals surface area contributed by atoms with E-state index < -0.39 is 0 Å². The smallest absolute Gasteiger partial charge is 0.273 e. The first-order chi connectivity index (χ1) is 15.9. The number of carbonyl (C=O) groups excluding carboxylic acids is 2. The van der Waals surface area contributed by atoms with Gasteiger partial charge in [-0.1, -0.05) is 6.07 Å². The van der Waals surface area contributed by atoms with Crippen LogP contribution in [0.5, 0.6) is 0 Å². The summed E-state index contributed by atoms with van der Waals surface area (Å²) < 4.78 is 1.85. The molecule has 11 nitrogen and oxygen atoms in total. The van der Waals surface area contributed by atoms with Gasteiger partial charge in [-0.05, 0) is 38.8 Å². The Kier molecular flexibility index (Phi) is 4.95. The lowest BCUT2D eigenvalue weighted by Gasteiger charge is -2.34. The largest absolute Gasteiger partial charge is 0.361 e. The number of nitrogens with zero attached hydrogens (tertiary/aromatic N) is 6. The van der Waals surface area contributed by atoms with E-state index in [0.717, 1.165) is 35.7 Å². The van der Waals surface area contributed by atoms with Crippen LogP contribution in [0.4, 0.5) is 22.9 Å². The number of benzene rings is 1. The van der Waals surface area contributed by atoms with Gasteiger partial charge >= 0.3 is 0 Å². The fraction of sp³-hybridized carbons (Fsp3) is 0.364. The van der Waals surface area contributed by atoms with Crippen molar-refractivity contribution < 1.29 is 9.59 Å². The Bertz CT molecular complexity index is 1260. The Morgan fingerprint density at radius 2 is 1.94 bits per heavy atom. The van der Waals surface area contributed by atoms with Crippen LogP contribution in [0.15, 0.2) is 24.3 Å². The van der Waals surface area contributed by atoms with Crippen molar-refractivity contribution >= 4 is 34.7 Å². The number of anilines is 4. The summed E-state index contributed by atoms with van der Waals surface area (Å²) in [6.45, 7) is 3.94. The molecule has 2 aromatic heterocycles. The molecule has 1 atom stereocenters. The first-order valence-electron chi connectivity index (χ1n) is 10.8. The first kappa shape index (κ1) is 20.9. The molecule has 1 saturated carbocycles. The van der Waals surface area contributed by atoms with Crippen LogP contribution in [0.25, 0.3) is 5.69 Å². The minimum absolute atomic E-state index is 0.0102. The zero-order valence-corrected chi connectivity index (χ0v) is 18.9. The van der Waals surface area contributed by atoms with Crippen LogP contribution in [0, 0.1) is 12.8 Å². The third-order valence-electron chi connectivity index (χ3n) is 5.99. The summed E-state index contributed by atoms with van der Waals surface area (Å²) >= 11 is 0. The normalized spacial score (nSPS) is 16.6. The van der Waals surface area contributed by atoms with E-state index in [4.69, 9.17) is 0 Å². The van der Waals surface area contributed by atoms with Gasteiger partial charge in [0.05, 0.1) is 28.8 Å². The predicted octanol–water partition coefficient (Wildman–Crippen LogP) is 2.33. The summed E-state index contributed by atoms with van der Waals surface area (Å²) in [5.74, 6) is 1.42. The number of aromatic nitrogens is 5. The highest BCUT2D eigenvalue weighted by Crippen LogP contribution is 2.42. The minimum Gasteiger partial charge on any atom is -0.361 e. The van der Waals surface area contributed by atoms with Crippen molar-refractivity contribution in [1.82, 2.24) is 30.3 Å². The average Bonchev–Trinajstić information content (AvgIpc) is 3.58. The molecule has 0 unspecified atom stereocenters. The number of rotatable bonds is 5. The third-order valence-corrected chi connectivity index (χ3v) is 5.99. The second kappa shape index (κ2) is 7.84. The predicted molar refractivity (Wildman–Crippen MR) is 123 cm³/mol. The Morgan fingerprint density at radius 1 is 1.15 bits per heavy atom. The molecule has 0 spiro atoms. The molecule has 0 saturated heterocycles. The molecule has 0 bridgehead atoms. The molecule has 3 heterocycles. The molecule has 1 aliphatic carbocycles. The number of amides is 2. The van der Waals surface area contributed by atoms with Gasteiger partial charge in [-0.25, -0.2) is 9.67 Å². The second-order valence-corrected chi connectivity index (χ2v) is 8.35. The molecular weight excluding hydrogens is 422 g/mol. The summed E-state index contributed by atoms with van der Waals surface area (Å²) in [6.07, 6.45) is 1.76. The monoisotopic (exact) mass is 447 g/mol. The summed E-state index contributed by atoms with van der Waals surface area (Å²) in [5.41, 5.74) is 3.11. The van der Waals surface area contributed by atoms with Crippen molar-refractivity contribution in [2.75, 3.05) is 29.6 Å². The van der Waals surface area contributed by atoms with E-state index in [1.54, 1.807) is 6.07 Å². The van der Waals surface area contributed by atoms with E-state index in [9.17, 15) is 9.59 Å². The fourth-order valence-corrected chi connectivity index (χ4v) is 3.97. The summed E-state index contributed by atoms with van der Waals surface area (Å²) in [7, 11) is 3.53. The van der Waals surface area contributed by atoms with Gasteiger partial charge in [0.15, 0.2) is 17.3 Å². The Hall–Kier alpha value is -4.02. The fourth-order valence-electron chi connectivity index (χ4n) is 3.97. The molecule has 1 aromatic carbocycles. The van der Waals surface area contributed by atoms with Crippen LogP contribution in [-0.2, 0) is 4.79 Å². The molecule has 170 valence electrons. The molecule has 33 heavy (non-hydrogen) atoms. The number of hydrogen-bond donors (Lipinski definition) is 3. The average molecular weight is 448 g/mol. The molecule has 2 amide bonds. The van der Waals surface area contributed by atoms with Crippen LogP contribution in [0.3, 0.4) is 0 Å². The maximum absolute atomic E-state index is 12.5. The third kappa shape index (κ3) is 3.65. The first-order valence-corrected chi connectivity index (χ1v) is 10.8. The van der Waals surface area contributed by atoms with E-state index in [1.165, 1.54) is 7.05 Å². The van der Waals surface area contributed by atoms with E-state index >= 15 is 0 Å².